The topological polar surface area (TPSA) is 59.3 Å². The van der Waals surface area contributed by atoms with Crippen molar-refractivity contribution in [2.24, 2.45) is 0 Å². The number of rotatable bonds is 3. The van der Waals surface area contributed by atoms with E-state index in [1.807, 2.05) is 41.0 Å². The van der Waals surface area contributed by atoms with E-state index in [9.17, 15) is 4.79 Å². The third-order valence-electron chi connectivity index (χ3n) is 3.65. The highest BCUT2D eigenvalue weighted by molar-refractivity contribution is 7.17. The van der Waals surface area contributed by atoms with Crippen LogP contribution in [0.25, 0.3) is 16.2 Å². The van der Waals surface area contributed by atoms with Crippen LogP contribution < -0.4 is 5.32 Å². The van der Waals surface area contributed by atoms with Crippen molar-refractivity contribution in [2.45, 2.75) is 13.8 Å². The van der Waals surface area contributed by atoms with Crippen LogP contribution in [0, 0.1) is 13.8 Å². The maximum atomic E-state index is 12.4. The van der Waals surface area contributed by atoms with Gasteiger partial charge in [-0.15, -0.1) is 22.7 Å². The first-order valence-corrected chi connectivity index (χ1v) is 9.08. The van der Waals surface area contributed by atoms with E-state index in [0.717, 1.165) is 21.9 Å². The molecule has 0 aromatic carbocycles. The Balaban J connectivity index is 1.57. The number of amides is 1. The second-order valence-corrected chi connectivity index (χ2v) is 7.57. The molecule has 4 aromatic heterocycles. The first-order valence-electron chi connectivity index (χ1n) is 7.38. The average Bonchev–Trinajstić information content (AvgIpc) is 3.26. The minimum absolute atomic E-state index is 0.249. The first kappa shape index (κ1) is 15.0. The first-order chi connectivity index (χ1) is 11.6. The number of nitrogens with zero attached hydrogens (tertiary/aromatic N) is 3. The molecule has 0 saturated heterocycles. The van der Waals surface area contributed by atoms with Gasteiger partial charge >= 0.3 is 0 Å². The molecule has 0 bridgehead atoms. The summed E-state index contributed by atoms with van der Waals surface area (Å²) in [5, 5.41) is 5.36. The summed E-state index contributed by atoms with van der Waals surface area (Å²) >= 11 is 3.11. The lowest BCUT2D eigenvalue weighted by Gasteiger charge is -1.97. The molecule has 0 fully saturated rings. The number of hydrogen-bond donors (Lipinski definition) is 1. The van der Waals surface area contributed by atoms with Gasteiger partial charge in [0.15, 0.2) is 5.13 Å². The number of anilines is 1. The highest BCUT2D eigenvalue weighted by atomic mass is 32.1. The zero-order valence-electron chi connectivity index (χ0n) is 13.1. The number of carbonyl (C=O) groups excluding carboxylic acids is 1. The molecule has 4 aromatic rings. The molecular formula is C17H14N4OS2. The number of imidazole rings is 1. The van der Waals surface area contributed by atoms with Gasteiger partial charge in [0.25, 0.3) is 5.91 Å². The summed E-state index contributed by atoms with van der Waals surface area (Å²) in [5.41, 5.74) is 3.06. The molecule has 0 radical (unpaired) electrons. The number of carbonyl (C=O) groups is 1. The van der Waals surface area contributed by atoms with E-state index in [-0.39, 0.29) is 5.91 Å². The van der Waals surface area contributed by atoms with Gasteiger partial charge in [-0.2, -0.15) is 0 Å². The van der Waals surface area contributed by atoms with Crippen LogP contribution in [0.4, 0.5) is 5.13 Å². The number of fused-ring (bicyclic) bond motifs is 1. The molecule has 120 valence electrons. The summed E-state index contributed by atoms with van der Waals surface area (Å²) in [6.07, 6.45) is 1.75. The van der Waals surface area contributed by atoms with Gasteiger partial charge < -0.3 is 4.40 Å². The van der Waals surface area contributed by atoms with Gasteiger partial charge in [-0.1, -0.05) is 6.07 Å². The average molecular weight is 354 g/mol. The maximum Gasteiger partial charge on any atom is 0.277 e. The van der Waals surface area contributed by atoms with Crippen molar-refractivity contribution in [3.63, 3.8) is 0 Å². The van der Waals surface area contributed by atoms with Gasteiger partial charge in [-0.3, -0.25) is 10.1 Å². The van der Waals surface area contributed by atoms with E-state index in [1.54, 1.807) is 17.5 Å². The molecule has 7 heteroatoms. The number of hydrogen-bond acceptors (Lipinski definition) is 5. The third-order valence-corrected chi connectivity index (χ3v) is 5.43. The number of thiophene rings is 1. The Bertz CT molecular complexity index is 1040. The quantitative estimate of drug-likeness (QED) is 0.594. The Kier molecular flexibility index (Phi) is 3.66. The molecule has 0 aliphatic carbocycles. The molecule has 1 N–H and O–H groups in total. The Hall–Kier alpha value is -2.51. The normalized spacial score (nSPS) is 11.1. The van der Waals surface area contributed by atoms with E-state index in [2.05, 4.69) is 28.3 Å². The smallest absolute Gasteiger partial charge is 0.277 e. The zero-order chi connectivity index (χ0) is 16.7. The predicted molar refractivity (Wildman–Crippen MR) is 98.0 cm³/mol. The number of nitrogens with one attached hydrogen (secondary N) is 1. The fourth-order valence-corrected chi connectivity index (χ4v) is 4.04. The van der Waals surface area contributed by atoms with Gasteiger partial charge in [-0.25, -0.2) is 9.97 Å². The zero-order valence-corrected chi connectivity index (χ0v) is 14.7. The van der Waals surface area contributed by atoms with Crippen LogP contribution in [0.1, 0.15) is 21.1 Å². The van der Waals surface area contributed by atoms with Crippen molar-refractivity contribution in [2.75, 3.05) is 5.32 Å². The van der Waals surface area contributed by atoms with Crippen molar-refractivity contribution < 1.29 is 4.79 Å². The summed E-state index contributed by atoms with van der Waals surface area (Å²) in [6, 6.07) is 9.90. The van der Waals surface area contributed by atoms with E-state index >= 15 is 0 Å². The molecule has 0 aliphatic rings. The summed E-state index contributed by atoms with van der Waals surface area (Å²) in [4.78, 5) is 23.6. The number of thiazole rings is 1. The van der Waals surface area contributed by atoms with Crippen molar-refractivity contribution in [3.8, 4) is 10.6 Å². The molecule has 0 unspecified atom stereocenters. The minimum Gasteiger partial charge on any atom is -0.304 e. The standard InChI is InChI=1S/C17H14N4OS2/c1-10-4-3-5-15-18-12(8-21(10)15)16(22)20-17-19-13(9-23-17)14-7-6-11(2)24-14/h3-9H,1-2H3,(H,19,20,22). The molecule has 4 rings (SSSR count). The van der Waals surface area contributed by atoms with Gasteiger partial charge in [0, 0.05) is 22.1 Å². The second-order valence-electron chi connectivity index (χ2n) is 5.42. The van der Waals surface area contributed by atoms with Crippen molar-refractivity contribution >= 4 is 39.4 Å². The SMILES string of the molecule is Cc1ccc(-c2csc(NC(=O)c3cn4c(C)cccc4n3)n2)s1. The number of pyridine rings is 1. The van der Waals surface area contributed by atoms with Gasteiger partial charge in [0.1, 0.15) is 11.3 Å². The predicted octanol–water partition coefficient (Wildman–Crippen LogP) is 4.39. The number of aryl methyl sites for hydroxylation is 2. The fourth-order valence-electron chi connectivity index (χ4n) is 2.44. The Morgan fingerprint density at radius 1 is 1.17 bits per heavy atom. The van der Waals surface area contributed by atoms with E-state index in [4.69, 9.17) is 0 Å². The van der Waals surface area contributed by atoms with Crippen LogP contribution in [-0.2, 0) is 0 Å². The third kappa shape index (κ3) is 2.72. The lowest BCUT2D eigenvalue weighted by molar-refractivity contribution is 0.102. The summed E-state index contributed by atoms with van der Waals surface area (Å²) in [7, 11) is 0. The largest absolute Gasteiger partial charge is 0.304 e. The van der Waals surface area contributed by atoms with Gasteiger partial charge in [0.05, 0.1) is 10.6 Å². The molecule has 0 atom stereocenters. The molecule has 24 heavy (non-hydrogen) atoms. The fraction of sp³-hybridized carbons (Fsp3) is 0.118. The van der Waals surface area contributed by atoms with Crippen LogP contribution >= 0.6 is 22.7 Å². The van der Waals surface area contributed by atoms with Gasteiger partial charge in [-0.05, 0) is 38.1 Å². The highest BCUT2D eigenvalue weighted by Crippen LogP contribution is 2.30. The highest BCUT2D eigenvalue weighted by Gasteiger charge is 2.14. The van der Waals surface area contributed by atoms with Gasteiger partial charge in [0.2, 0.25) is 0 Å². The van der Waals surface area contributed by atoms with Crippen molar-refractivity contribution in [1.29, 1.82) is 0 Å². The monoisotopic (exact) mass is 354 g/mol. The molecule has 0 aliphatic heterocycles. The molecule has 1 amide bonds. The minimum atomic E-state index is -0.249. The van der Waals surface area contributed by atoms with Crippen molar-refractivity contribution in [3.05, 3.63) is 58.2 Å². The van der Waals surface area contributed by atoms with E-state index in [0.29, 0.717) is 10.8 Å². The van der Waals surface area contributed by atoms with Crippen LogP contribution in [0.3, 0.4) is 0 Å². The Morgan fingerprint density at radius 2 is 2.04 bits per heavy atom. The number of aromatic nitrogens is 3. The summed E-state index contributed by atoms with van der Waals surface area (Å²) in [6.45, 7) is 4.04. The molecule has 4 heterocycles. The summed E-state index contributed by atoms with van der Waals surface area (Å²) in [5.74, 6) is -0.249. The lowest BCUT2D eigenvalue weighted by Crippen LogP contribution is -2.12. The van der Waals surface area contributed by atoms with Crippen LogP contribution in [0.15, 0.2) is 41.9 Å². The lowest BCUT2D eigenvalue weighted by atomic mass is 10.4. The second kappa shape index (κ2) is 5.85. The maximum absolute atomic E-state index is 12.4. The van der Waals surface area contributed by atoms with Crippen LogP contribution in [0.5, 0.6) is 0 Å². The van der Waals surface area contributed by atoms with Crippen LogP contribution in [0.2, 0.25) is 0 Å². The Morgan fingerprint density at radius 3 is 2.79 bits per heavy atom. The van der Waals surface area contributed by atoms with E-state index < -0.39 is 0 Å². The van der Waals surface area contributed by atoms with E-state index in [1.165, 1.54) is 16.2 Å². The molecule has 5 nitrogen and oxygen atoms in total. The molecule has 0 spiro atoms. The summed E-state index contributed by atoms with van der Waals surface area (Å²) < 4.78 is 1.90. The Labute approximate surface area is 146 Å². The van der Waals surface area contributed by atoms with Crippen LogP contribution in [-0.4, -0.2) is 20.3 Å². The molecule has 0 saturated carbocycles. The van der Waals surface area contributed by atoms with Crippen molar-refractivity contribution in [1.82, 2.24) is 14.4 Å². The molecular weight excluding hydrogens is 340 g/mol.